The van der Waals surface area contributed by atoms with Crippen LogP contribution in [0, 0.1) is 5.92 Å². The van der Waals surface area contributed by atoms with Gasteiger partial charge in [-0.1, -0.05) is 5.16 Å². The van der Waals surface area contributed by atoms with Crippen molar-refractivity contribution in [3.05, 3.63) is 18.2 Å². The molecule has 2 aromatic rings. The molecule has 1 N–H and O–H groups in total. The Morgan fingerprint density at radius 1 is 1.44 bits per heavy atom. The van der Waals surface area contributed by atoms with E-state index in [1.165, 1.54) is 0 Å². The van der Waals surface area contributed by atoms with Gasteiger partial charge in [0.2, 0.25) is 10.0 Å². The smallest absolute Gasteiger partial charge is 0.241 e. The number of aromatic nitrogens is 1. The van der Waals surface area contributed by atoms with E-state index in [4.69, 9.17) is 9.26 Å². The minimum Gasteiger partial charge on any atom is -0.384 e. The Morgan fingerprint density at radius 2 is 2.24 bits per heavy atom. The average molecular weight is 365 g/mol. The molecular weight excluding hydrogens is 342 g/mol. The molecule has 0 bridgehead atoms. The van der Waals surface area contributed by atoms with Crippen LogP contribution in [0.3, 0.4) is 0 Å². The van der Waals surface area contributed by atoms with Gasteiger partial charge in [-0.15, -0.1) is 0 Å². The number of methoxy groups -OCH3 is 1. The molecule has 1 saturated carbocycles. The second kappa shape index (κ2) is 5.96. The first-order chi connectivity index (χ1) is 11.9. The SMILES string of the molecule is COC[C@H]1CCN(c2noc3ccc(S(=O)(=O)NC4(C)CC4)cc23)C1. The molecule has 4 rings (SSSR count). The molecule has 0 radical (unpaired) electrons. The summed E-state index contributed by atoms with van der Waals surface area (Å²) in [6.45, 7) is 4.34. The number of hydrogen-bond acceptors (Lipinski definition) is 6. The van der Waals surface area contributed by atoms with Crippen LogP contribution in [0.25, 0.3) is 11.0 Å². The quantitative estimate of drug-likeness (QED) is 0.844. The zero-order valence-electron chi connectivity index (χ0n) is 14.5. The maximum Gasteiger partial charge on any atom is 0.241 e. The van der Waals surface area contributed by atoms with E-state index in [1.54, 1.807) is 25.3 Å². The van der Waals surface area contributed by atoms with Gasteiger partial charge in [0.1, 0.15) is 0 Å². The van der Waals surface area contributed by atoms with E-state index >= 15 is 0 Å². The van der Waals surface area contributed by atoms with E-state index in [9.17, 15) is 8.42 Å². The van der Waals surface area contributed by atoms with E-state index < -0.39 is 10.0 Å². The highest BCUT2D eigenvalue weighted by Crippen LogP contribution is 2.37. The number of benzene rings is 1. The van der Waals surface area contributed by atoms with Gasteiger partial charge in [0.25, 0.3) is 0 Å². The Morgan fingerprint density at radius 3 is 2.96 bits per heavy atom. The third kappa shape index (κ3) is 3.26. The molecule has 1 saturated heterocycles. The lowest BCUT2D eigenvalue weighted by molar-refractivity contribution is 0.161. The summed E-state index contributed by atoms with van der Waals surface area (Å²) in [4.78, 5) is 2.40. The number of rotatable bonds is 6. The zero-order valence-corrected chi connectivity index (χ0v) is 15.3. The standard InChI is InChI=1S/C17H23N3O4S/c1-17(6-7-17)19-25(21,22)13-3-4-15-14(9-13)16(18-24-15)20-8-5-12(10-20)11-23-2/h3-4,9,12,19H,5-8,10-11H2,1-2H3/t12-/m0/s1. The first-order valence-electron chi connectivity index (χ1n) is 8.57. The van der Waals surface area contributed by atoms with Crippen LogP contribution in [-0.4, -0.2) is 45.9 Å². The largest absolute Gasteiger partial charge is 0.384 e. The van der Waals surface area contributed by atoms with Gasteiger partial charge in [0, 0.05) is 31.7 Å². The molecule has 0 amide bonds. The molecule has 0 unspecified atom stereocenters. The highest BCUT2D eigenvalue weighted by Gasteiger charge is 2.41. The second-order valence-electron chi connectivity index (χ2n) is 7.39. The maximum atomic E-state index is 12.6. The van der Waals surface area contributed by atoms with Gasteiger partial charge in [-0.3, -0.25) is 0 Å². The molecule has 2 fully saturated rings. The van der Waals surface area contributed by atoms with Crippen LogP contribution >= 0.6 is 0 Å². The van der Waals surface area contributed by atoms with Gasteiger partial charge in [0.15, 0.2) is 11.4 Å². The first-order valence-corrected chi connectivity index (χ1v) is 10.1. The van der Waals surface area contributed by atoms with Gasteiger partial charge in [-0.25, -0.2) is 13.1 Å². The number of hydrogen-bond donors (Lipinski definition) is 1. The van der Waals surface area contributed by atoms with E-state index in [-0.39, 0.29) is 10.4 Å². The fourth-order valence-corrected chi connectivity index (χ4v) is 4.86. The topological polar surface area (TPSA) is 84.7 Å². The molecule has 136 valence electrons. The highest BCUT2D eigenvalue weighted by molar-refractivity contribution is 7.89. The molecule has 2 aliphatic rings. The van der Waals surface area contributed by atoms with Gasteiger partial charge in [0.05, 0.1) is 16.9 Å². The third-order valence-electron chi connectivity index (χ3n) is 5.10. The number of nitrogens with zero attached hydrogens (tertiary/aromatic N) is 2. The normalized spacial score (nSPS) is 22.6. The number of ether oxygens (including phenoxy) is 1. The number of anilines is 1. The molecule has 1 aliphatic carbocycles. The molecule has 25 heavy (non-hydrogen) atoms. The summed E-state index contributed by atoms with van der Waals surface area (Å²) in [6, 6.07) is 4.92. The monoisotopic (exact) mass is 365 g/mol. The zero-order chi connectivity index (χ0) is 17.7. The summed E-state index contributed by atoms with van der Waals surface area (Å²) in [5.74, 6) is 1.17. The fraction of sp³-hybridized carbons (Fsp3) is 0.588. The predicted octanol–water partition coefficient (Wildman–Crippen LogP) is 2.13. The van der Waals surface area contributed by atoms with Gasteiger partial charge < -0.3 is 14.2 Å². The molecular formula is C17H23N3O4S. The summed E-state index contributed by atoms with van der Waals surface area (Å²) >= 11 is 0. The molecule has 1 aromatic heterocycles. The van der Waals surface area contributed by atoms with Crippen LogP contribution in [-0.2, 0) is 14.8 Å². The van der Waals surface area contributed by atoms with Crippen molar-refractivity contribution in [1.82, 2.24) is 9.88 Å². The number of nitrogens with one attached hydrogen (secondary N) is 1. The van der Waals surface area contributed by atoms with Crippen molar-refractivity contribution in [3.8, 4) is 0 Å². The Bertz CT molecular complexity index is 888. The van der Waals surface area contributed by atoms with Crippen molar-refractivity contribution in [2.75, 3.05) is 31.7 Å². The van der Waals surface area contributed by atoms with E-state index in [0.717, 1.165) is 37.7 Å². The van der Waals surface area contributed by atoms with Gasteiger partial charge >= 0.3 is 0 Å². The Balaban J connectivity index is 1.64. The third-order valence-corrected chi connectivity index (χ3v) is 6.74. The minimum absolute atomic E-state index is 0.255. The van der Waals surface area contributed by atoms with Crippen LogP contribution < -0.4 is 9.62 Å². The molecule has 8 heteroatoms. The molecule has 7 nitrogen and oxygen atoms in total. The Labute approximate surface area is 147 Å². The first kappa shape index (κ1) is 16.8. The van der Waals surface area contributed by atoms with E-state index in [1.807, 2.05) is 6.92 Å². The Kier molecular flexibility index (Phi) is 4.01. The predicted molar refractivity (Wildman–Crippen MR) is 94.2 cm³/mol. The lowest BCUT2D eigenvalue weighted by Crippen LogP contribution is -2.34. The number of sulfonamides is 1. The second-order valence-corrected chi connectivity index (χ2v) is 9.07. The average Bonchev–Trinajstić information content (AvgIpc) is 2.99. The van der Waals surface area contributed by atoms with Crippen molar-refractivity contribution in [1.29, 1.82) is 0 Å². The van der Waals surface area contributed by atoms with Crippen molar-refractivity contribution >= 4 is 26.8 Å². The van der Waals surface area contributed by atoms with Crippen molar-refractivity contribution in [2.24, 2.45) is 5.92 Å². The molecule has 1 aromatic carbocycles. The van der Waals surface area contributed by atoms with Crippen molar-refractivity contribution in [2.45, 2.75) is 36.6 Å². The minimum atomic E-state index is -3.54. The van der Waals surface area contributed by atoms with Crippen LogP contribution in [0.1, 0.15) is 26.2 Å². The van der Waals surface area contributed by atoms with Crippen molar-refractivity contribution < 1.29 is 17.7 Å². The van der Waals surface area contributed by atoms with Gasteiger partial charge in [-0.2, -0.15) is 0 Å². The fourth-order valence-electron chi connectivity index (χ4n) is 3.37. The summed E-state index contributed by atoms with van der Waals surface area (Å²) in [5, 5.41) is 4.91. The summed E-state index contributed by atoms with van der Waals surface area (Å²) in [5.41, 5.74) is 0.301. The molecule has 0 spiro atoms. The Hall–Kier alpha value is -1.64. The summed E-state index contributed by atoms with van der Waals surface area (Å²) in [7, 11) is -1.84. The maximum absolute atomic E-state index is 12.6. The van der Waals surface area contributed by atoms with E-state index in [0.29, 0.717) is 23.9 Å². The van der Waals surface area contributed by atoms with Crippen LogP contribution in [0.2, 0.25) is 0 Å². The molecule has 1 atom stereocenters. The number of fused-ring (bicyclic) bond motifs is 1. The lowest BCUT2D eigenvalue weighted by Gasteiger charge is -2.15. The van der Waals surface area contributed by atoms with Crippen LogP contribution in [0.4, 0.5) is 5.82 Å². The van der Waals surface area contributed by atoms with E-state index in [2.05, 4.69) is 14.8 Å². The van der Waals surface area contributed by atoms with Gasteiger partial charge in [-0.05, 0) is 44.4 Å². The lowest BCUT2D eigenvalue weighted by atomic mass is 10.1. The van der Waals surface area contributed by atoms with Crippen molar-refractivity contribution in [3.63, 3.8) is 0 Å². The van der Waals surface area contributed by atoms with Crippen LogP contribution in [0.15, 0.2) is 27.6 Å². The molecule has 1 aliphatic heterocycles. The molecule has 2 heterocycles. The van der Waals surface area contributed by atoms with Crippen LogP contribution in [0.5, 0.6) is 0 Å². The summed E-state index contributed by atoms with van der Waals surface area (Å²) < 4.78 is 38.7. The highest BCUT2D eigenvalue weighted by atomic mass is 32.2. The summed E-state index contributed by atoms with van der Waals surface area (Å²) in [6.07, 6.45) is 2.78.